The molecule has 4 heteroatoms. The number of rotatable bonds is 2. The van der Waals surface area contributed by atoms with Crippen molar-refractivity contribution in [3.05, 3.63) is 56.4 Å². The third kappa shape index (κ3) is 2.45. The Bertz CT molecular complexity index is 452. The summed E-state index contributed by atoms with van der Waals surface area (Å²) in [6.45, 7) is 0. The first-order valence-corrected chi connectivity index (χ1v) is 6.09. The van der Waals surface area contributed by atoms with Gasteiger partial charge in [0, 0.05) is 0 Å². The van der Waals surface area contributed by atoms with Gasteiger partial charge in [-0.15, -0.1) is 11.3 Å². The van der Waals surface area contributed by atoms with Crippen LogP contribution in [0.25, 0.3) is 0 Å². The van der Waals surface area contributed by atoms with Gasteiger partial charge in [-0.25, -0.2) is 4.39 Å². The molecule has 1 aromatic carbocycles. The summed E-state index contributed by atoms with van der Waals surface area (Å²) in [5.41, 5.74) is 8.00. The highest BCUT2D eigenvalue weighted by atomic mass is 79.9. The molecule has 2 aromatic rings. The number of nitrogens with two attached hydrogens (primary N) is 1. The predicted octanol–water partition coefficient (Wildman–Crippen LogP) is 3.70. The zero-order chi connectivity index (χ0) is 10.8. The summed E-state index contributed by atoms with van der Waals surface area (Å²) < 4.78 is 13.8. The third-order valence-electron chi connectivity index (χ3n) is 2.18. The lowest BCUT2D eigenvalue weighted by Crippen LogP contribution is -2.10. The second kappa shape index (κ2) is 4.43. The predicted molar refractivity (Wildman–Crippen MR) is 64.4 cm³/mol. The Morgan fingerprint density at radius 3 is 2.40 bits per heavy atom. The molecule has 2 N–H and O–H groups in total. The molecule has 1 unspecified atom stereocenters. The van der Waals surface area contributed by atoms with Gasteiger partial charge in [0.25, 0.3) is 0 Å². The van der Waals surface area contributed by atoms with Gasteiger partial charge >= 0.3 is 0 Å². The van der Waals surface area contributed by atoms with Gasteiger partial charge in [-0.3, -0.25) is 0 Å². The Kier molecular flexibility index (Phi) is 3.19. The van der Waals surface area contributed by atoms with Crippen molar-refractivity contribution in [2.75, 3.05) is 0 Å². The lowest BCUT2D eigenvalue weighted by molar-refractivity contribution is 0.626. The van der Waals surface area contributed by atoms with Gasteiger partial charge in [0.2, 0.25) is 0 Å². The average molecular weight is 286 g/mol. The molecule has 0 fully saturated rings. The molecule has 0 spiro atoms. The van der Waals surface area contributed by atoms with Gasteiger partial charge in [0.05, 0.1) is 9.83 Å². The van der Waals surface area contributed by atoms with Crippen LogP contribution in [0.15, 0.2) is 39.5 Å². The molecule has 0 bridgehead atoms. The highest BCUT2D eigenvalue weighted by molar-refractivity contribution is 9.11. The maximum atomic E-state index is 12.7. The molecule has 1 nitrogen and oxygen atoms in total. The topological polar surface area (TPSA) is 26.0 Å². The van der Waals surface area contributed by atoms with Crippen LogP contribution in [0.1, 0.15) is 17.2 Å². The average Bonchev–Trinajstić information content (AvgIpc) is 2.65. The summed E-state index contributed by atoms with van der Waals surface area (Å²) in [4.78, 5) is 0. The van der Waals surface area contributed by atoms with E-state index in [9.17, 15) is 4.39 Å². The molecule has 0 saturated heterocycles. The van der Waals surface area contributed by atoms with Crippen LogP contribution in [0.3, 0.4) is 0 Å². The van der Waals surface area contributed by atoms with E-state index in [2.05, 4.69) is 15.9 Å². The van der Waals surface area contributed by atoms with Crippen LogP contribution < -0.4 is 5.73 Å². The summed E-state index contributed by atoms with van der Waals surface area (Å²) in [6.07, 6.45) is 0. The van der Waals surface area contributed by atoms with Crippen LogP contribution in [-0.4, -0.2) is 0 Å². The van der Waals surface area contributed by atoms with E-state index in [0.29, 0.717) is 0 Å². The SMILES string of the molecule is NC(c1ccc(F)cc1)c1csc(Br)c1. The fourth-order valence-electron chi connectivity index (χ4n) is 1.35. The number of hydrogen-bond donors (Lipinski definition) is 1. The fourth-order valence-corrected chi connectivity index (χ4v) is 2.56. The molecule has 0 aliphatic carbocycles. The van der Waals surface area contributed by atoms with E-state index in [1.807, 2.05) is 11.4 Å². The summed E-state index contributed by atoms with van der Waals surface area (Å²) >= 11 is 4.98. The monoisotopic (exact) mass is 285 g/mol. The van der Waals surface area contributed by atoms with Gasteiger partial charge in [-0.2, -0.15) is 0 Å². The van der Waals surface area contributed by atoms with Crippen molar-refractivity contribution in [1.82, 2.24) is 0 Å². The Morgan fingerprint density at radius 1 is 1.20 bits per heavy atom. The number of thiophene rings is 1. The lowest BCUT2D eigenvalue weighted by atomic mass is 10.0. The molecule has 2 rings (SSSR count). The van der Waals surface area contributed by atoms with Crippen LogP contribution in [0.2, 0.25) is 0 Å². The molecule has 0 radical (unpaired) electrons. The maximum Gasteiger partial charge on any atom is 0.123 e. The smallest absolute Gasteiger partial charge is 0.123 e. The van der Waals surface area contributed by atoms with Crippen molar-refractivity contribution in [2.24, 2.45) is 5.73 Å². The summed E-state index contributed by atoms with van der Waals surface area (Å²) in [5, 5.41) is 2.00. The Labute approximate surface area is 99.9 Å². The normalized spacial score (nSPS) is 12.7. The minimum atomic E-state index is -0.238. The fraction of sp³-hybridized carbons (Fsp3) is 0.0909. The molecule has 15 heavy (non-hydrogen) atoms. The Hall–Kier alpha value is -0.710. The van der Waals surface area contributed by atoms with Crippen LogP contribution >= 0.6 is 27.3 Å². The first-order valence-electron chi connectivity index (χ1n) is 4.42. The molecular formula is C11H9BrFNS. The Morgan fingerprint density at radius 2 is 1.87 bits per heavy atom. The van der Waals surface area contributed by atoms with E-state index in [1.54, 1.807) is 23.5 Å². The van der Waals surface area contributed by atoms with E-state index in [1.165, 1.54) is 12.1 Å². The molecule has 0 aliphatic heterocycles. The quantitative estimate of drug-likeness (QED) is 0.895. The maximum absolute atomic E-state index is 12.7. The standard InChI is InChI=1S/C11H9BrFNS/c12-10-5-8(6-15-10)11(14)7-1-3-9(13)4-2-7/h1-6,11H,14H2. The molecule has 0 amide bonds. The zero-order valence-electron chi connectivity index (χ0n) is 7.78. The minimum Gasteiger partial charge on any atom is -0.320 e. The van der Waals surface area contributed by atoms with E-state index in [-0.39, 0.29) is 11.9 Å². The van der Waals surface area contributed by atoms with E-state index in [4.69, 9.17) is 5.73 Å². The molecule has 0 saturated carbocycles. The molecule has 1 aromatic heterocycles. The van der Waals surface area contributed by atoms with Crippen LogP contribution in [0.4, 0.5) is 4.39 Å². The van der Waals surface area contributed by atoms with Crippen molar-refractivity contribution >= 4 is 27.3 Å². The number of hydrogen-bond acceptors (Lipinski definition) is 2. The van der Waals surface area contributed by atoms with Crippen molar-refractivity contribution < 1.29 is 4.39 Å². The summed E-state index contributed by atoms with van der Waals surface area (Å²) in [5.74, 6) is -0.238. The van der Waals surface area contributed by atoms with Crippen LogP contribution in [0.5, 0.6) is 0 Å². The molecule has 0 aliphatic rings. The van der Waals surface area contributed by atoms with E-state index < -0.39 is 0 Å². The van der Waals surface area contributed by atoms with Gasteiger partial charge in [0.1, 0.15) is 5.82 Å². The van der Waals surface area contributed by atoms with Gasteiger partial charge in [-0.05, 0) is 50.6 Å². The second-order valence-electron chi connectivity index (χ2n) is 3.21. The largest absolute Gasteiger partial charge is 0.320 e. The van der Waals surface area contributed by atoms with Crippen LogP contribution in [0, 0.1) is 5.82 Å². The van der Waals surface area contributed by atoms with Crippen molar-refractivity contribution in [2.45, 2.75) is 6.04 Å². The van der Waals surface area contributed by atoms with E-state index in [0.717, 1.165) is 14.9 Å². The number of halogens is 2. The van der Waals surface area contributed by atoms with Crippen molar-refractivity contribution in [3.63, 3.8) is 0 Å². The summed E-state index contributed by atoms with van der Waals surface area (Å²) in [7, 11) is 0. The minimum absolute atomic E-state index is 0.187. The lowest BCUT2D eigenvalue weighted by Gasteiger charge is -2.09. The first-order chi connectivity index (χ1) is 7.16. The van der Waals surface area contributed by atoms with Crippen molar-refractivity contribution in [1.29, 1.82) is 0 Å². The van der Waals surface area contributed by atoms with E-state index >= 15 is 0 Å². The Balaban J connectivity index is 2.28. The zero-order valence-corrected chi connectivity index (χ0v) is 10.2. The van der Waals surface area contributed by atoms with Gasteiger partial charge in [-0.1, -0.05) is 12.1 Å². The highest BCUT2D eigenvalue weighted by Crippen LogP contribution is 2.27. The third-order valence-corrected chi connectivity index (χ3v) is 3.70. The molecule has 78 valence electrons. The molecule has 1 atom stereocenters. The second-order valence-corrected chi connectivity index (χ2v) is 5.50. The molecule has 1 heterocycles. The number of benzene rings is 1. The van der Waals surface area contributed by atoms with Crippen molar-refractivity contribution in [3.8, 4) is 0 Å². The highest BCUT2D eigenvalue weighted by Gasteiger charge is 2.10. The summed E-state index contributed by atoms with van der Waals surface area (Å²) in [6, 6.07) is 8.08. The van der Waals surface area contributed by atoms with Crippen LogP contribution in [-0.2, 0) is 0 Å². The first kappa shape index (κ1) is 10.8. The molecular weight excluding hydrogens is 277 g/mol. The van der Waals surface area contributed by atoms with Gasteiger partial charge < -0.3 is 5.73 Å². The van der Waals surface area contributed by atoms with Gasteiger partial charge in [0.15, 0.2) is 0 Å².